The predicted octanol–water partition coefficient (Wildman–Crippen LogP) is 3.39. The summed E-state index contributed by atoms with van der Waals surface area (Å²) in [6, 6.07) is 8.99. The predicted molar refractivity (Wildman–Crippen MR) is 99.5 cm³/mol. The van der Waals surface area contributed by atoms with Crippen LogP contribution in [0.15, 0.2) is 42.6 Å². The Morgan fingerprint density at radius 3 is 2.25 bits per heavy atom. The van der Waals surface area contributed by atoms with Crippen LogP contribution in [0.1, 0.15) is 10.4 Å². The Hall–Kier alpha value is -3.88. The first-order valence-electron chi connectivity index (χ1n) is 8.04. The maximum atomic E-state index is 12.7. The van der Waals surface area contributed by atoms with Crippen molar-refractivity contribution in [2.75, 3.05) is 21.3 Å². The van der Waals surface area contributed by atoms with Crippen molar-refractivity contribution in [2.24, 2.45) is 0 Å². The lowest BCUT2D eigenvalue weighted by Crippen LogP contribution is -2.11. The molecule has 0 unspecified atom stereocenters. The van der Waals surface area contributed by atoms with Crippen molar-refractivity contribution >= 4 is 22.6 Å². The second kappa shape index (κ2) is 7.78. The van der Waals surface area contributed by atoms with Gasteiger partial charge in [-0.05, 0) is 24.3 Å². The smallest absolute Gasteiger partial charge is 0.344 e. The highest BCUT2D eigenvalue weighted by molar-refractivity contribution is 5.97. The van der Waals surface area contributed by atoms with Crippen molar-refractivity contribution in [1.29, 1.82) is 0 Å². The highest BCUT2D eigenvalue weighted by Crippen LogP contribution is 2.39. The minimum atomic E-state index is -0.833. The molecule has 0 aliphatic carbocycles. The molecule has 2 aromatic carbocycles. The van der Waals surface area contributed by atoms with Gasteiger partial charge in [-0.1, -0.05) is 6.07 Å². The molecule has 1 heterocycles. The Bertz CT molecular complexity index is 1040. The molecule has 9 heteroatoms. The van der Waals surface area contributed by atoms with Crippen molar-refractivity contribution in [2.45, 2.75) is 0 Å². The number of methoxy groups -OCH3 is 3. The Balaban J connectivity index is 2.09. The average molecular weight is 384 g/mol. The molecule has 0 atom stereocenters. The summed E-state index contributed by atoms with van der Waals surface area (Å²) in [6.07, 6.45) is 1.46. The van der Waals surface area contributed by atoms with E-state index in [1.807, 2.05) is 0 Å². The van der Waals surface area contributed by atoms with E-state index in [1.165, 1.54) is 51.8 Å². The first kappa shape index (κ1) is 18.9. The van der Waals surface area contributed by atoms with E-state index in [2.05, 4.69) is 4.98 Å². The second-order valence-electron chi connectivity index (χ2n) is 5.55. The zero-order valence-electron chi connectivity index (χ0n) is 15.3. The molecule has 0 spiro atoms. The number of nitro benzene ring substituents is 1. The van der Waals surface area contributed by atoms with Crippen LogP contribution in [0, 0.1) is 10.1 Å². The van der Waals surface area contributed by atoms with Gasteiger partial charge >= 0.3 is 11.7 Å². The quantitative estimate of drug-likeness (QED) is 0.275. The summed E-state index contributed by atoms with van der Waals surface area (Å²) >= 11 is 0. The van der Waals surface area contributed by atoms with E-state index in [0.717, 1.165) is 0 Å². The van der Waals surface area contributed by atoms with E-state index in [-0.39, 0.29) is 34.0 Å². The van der Waals surface area contributed by atoms with Gasteiger partial charge in [-0.3, -0.25) is 15.1 Å². The molecule has 144 valence electrons. The van der Waals surface area contributed by atoms with Crippen LogP contribution in [0.4, 0.5) is 5.69 Å². The fourth-order valence-corrected chi connectivity index (χ4v) is 2.70. The summed E-state index contributed by atoms with van der Waals surface area (Å²) in [4.78, 5) is 27.6. The fourth-order valence-electron chi connectivity index (χ4n) is 2.70. The minimum absolute atomic E-state index is 0.0664. The zero-order valence-corrected chi connectivity index (χ0v) is 15.3. The summed E-state index contributed by atoms with van der Waals surface area (Å²) in [5.41, 5.74) is -0.0961. The number of carbonyl (C=O) groups excluding carboxylic acids is 1. The van der Waals surface area contributed by atoms with Crippen LogP contribution in [0.2, 0.25) is 0 Å². The third kappa shape index (κ3) is 3.37. The van der Waals surface area contributed by atoms with Crippen molar-refractivity contribution in [3.63, 3.8) is 0 Å². The van der Waals surface area contributed by atoms with Gasteiger partial charge in [0.05, 0.1) is 31.8 Å². The molecule has 0 aliphatic rings. The summed E-state index contributed by atoms with van der Waals surface area (Å²) < 4.78 is 21.0. The number of fused-ring (bicyclic) bond motifs is 1. The van der Waals surface area contributed by atoms with E-state index in [0.29, 0.717) is 11.1 Å². The number of ether oxygens (including phenoxy) is 4. The Morgan fingerprint density at radius 1 is 1.00 bits per heavy atom. The lowest BCUT2D eigenvalue weighted by molar-refractivity contribution is -0.385. The van der Waals surface area contributed by atoms with Crippen LogP contribution >= 0.6 is 0 Å². The summed E-state index contributed by atoms with van der Waals surface area (Å²) in [5.74, 6) is -0.264. The molecule has 0 N–H and O–H groups in total. The van der Waals surface area contributed by atoms with Crippen LogP contribution in [0.5, 0.6) is 23.0 Å². The van der Waals surface area contributed by atoms with Gasteiger partial charge in [-0.15, -0.1) is 0 Å². The van der Waals surface area contributed by atoms with Crippen LogP contribution < -0.4 is 18.9 Å². The summed E-state index contributed by atoms with van der Waals surface area (Å²) in [7, 11) is 4.25. The van der Waals surface area contributed by atoms with Crippen LogP contribution in [-0.2, 0) is 0 Å². The molecule has 0 aliphatic heterocycles. The summed E-state index contributed by atoms with van der Waals surface area (Å²) in [6.45, 7) is 0. The van der Waals surface area contributed by atoms with E-state index in [9.17, 15) is 14.9 Å². The number of rotatable bonds is 6. The molecule has 0 fully saturated rings. The number of nitro groups is 1. The van der Waals surface area contributed by atoms with E-state index in [4.69, 9.17) is 18.9 Å². The van der Waals surface area contributed by atoms with Crippen molar-refractivity contribution < 1.29 is 28.7 Å². The molecule has 0 saturated carbocycles. The van der Waals surface area contributed by atoms with Gasteiger partial charge in [0, 0.05) is 17.6 Å². The molecule has 0 bridgehead atoms. The maximum Gasteiger partial charge on any atom is 0.344 e. The number of benzene rings is 2. The molecule has 3 rings (SSSR count). The highest BCUT2D eigenvalue weighted by atomic mass is 16.6. The SMILES string of the molecule is COc1cc(C(=O)Oc2c([N+](=O)[O-])ccc3cccnc23)cc(OC)c1OC. The van der Waals surface area contributed by atoms with Crippen molar-refractivity contribution in [3.05, 3.63) is 58.3 Å². The molecule has 28 heavy (non-hydrogen) atoms. The van der Waals surface area contributed by atoms with Gasteiger partial charge in [-0.2, -0.15) is 0 Å². The van der Waals surface area contributed by atoms with Gasteiger partial charge in [0.2, 0.25) is 11.5 Å². The van der Waals surface area contributed by atoms with E-state index in [1.54, 1.807) is 12.1 Å². The van der Waals surface area contributed by atoms with Crippen molar-refractivity contribution in [1.82, 2.24) is 4.98 Å². The number of carbonyl (C=O) groups is 1. The lowest BCUT2D eigenvalue weighted by atomic mass is 10.1. The van der Waals surface area contributed by atoms with Gasteiger partial charge in [0.25, 0.3) is 0 Å². The molecule has 9 nitrogen and oxygen atoms in total. The number of aromatic nitrogens is 1. The van der Waals surface area contributed by atoms with Crippen LogP contribution in [0.3, 0.4) is 0 Å². The molecule has 1 aromatic heterocycles. The van der Waals surface area contributed by atoms with Crippen LogP contribution in [-0.4, -0.2) is 37.2 Å². The standard InChI is InChI=1S/C19H16N2O7/c1-25-14-9-12(10-15(26-2)18(14)27-3)19(22)28-17-13(21(23)24)7-6-11-5-4-8-20-16(11)17/h4-10H,1-3H3. The monoisotopic (exact) mass is 384 g/mol. The number of esters is 1. The first-order chi connectivity index (χ1) is 13.5. The first-order valence-corrected chi connectivity index (χ1v) is 8.04. The number of pyridine rings is 1. The largest absolute Gasteiger partial charge is 0.493 e. The maximum absolute atomic E-state index is 12.7. The minimum Gasteiger partial charge on any atom is -0.493 e. The van der Waals surface area contributed by atoms with Crippen LogP contribution in [0.25, 0.3) is 10.9 Å². The van der Waals surface area contributed by atoms with Gasteiger partial charge in [0.15, 0.2) is 11.5 Å². The normalized spacial score (nSPS) is 10.4. The van der Waals surface area contributed by atoms with E-state index < -0.39 is 10.9 Å². The zero-order chi connectivity index (χ0) is 20.3. The van der Waals surface area contributed by atoms with Gasteiger partial charge in [0.1, 0.15) is 5.52 Å². The fraction of sp³-hybridized carbons (Fsp3) is 0.158. The average Bonchev–Trinajstić information content (AvgIpc) is 2.72. The highest BCUT2D eigenvalue weighted by Gasteiger charge is 2.24. The van der Waals surface area contributed by atoms with Gasteiger partial charge < -0.3 is 18.9 Å². The Kier molecular flexibility index (Phi) is 5.25. The molecule has 0 amide bonds. The topological polar surface area (TPSA) is 110 Å². The number of nitrogens with zero attached hydrogens (tertiary/aromatic N) is 2. The third-order valence-electron chi connectivity index (χ3n) is 4.00. The lowest BCUT2D eigenvalue weighted by Gasteiger charge is -2.14. The number of hydrogen-bond donors (Lipinski definition) is 0. The third-order valence-corrected chi connectivity index (χ3v) is 4.00. The van der Waals surface area contributed by atoms with E-state index >= 15 is 0 Å². The molecule has 0 radical (unpaired) electrons. The van der Waals surface area contributed by atoms with Gasteiger partial charge in [-0.25, -0.2) is 4.79 Å². The Labute approximate surface area is 159 Å². The number of hydrogen-bond acceptors (Lipinski definition) is 8. The second-order valence-corrected chi connectivity index (χ2v) is 5.55. The Morgan fingerprint density at radius 2 is 1.68 bits per heavy atom. The molecular weight excluding hydrogens is 368 g/mol. The molecule has 3 aromatic rings. The molecular formula is C19H16N2O7. The molecule has 0 saturated heterocycles. The van der Waals surface area contributed by atoms with Crippen molar-refractivity contribution in [3.8, 4) is 23.0 Å². The summed E-state index contributed by atoms with van der Waals surface area (Å²) in [5, 5.41) is 12.0.